The number of rotatable bonds is 9. The minimum absolute atomic E-state index is 0.311. The molecular formula is C16H23NO5. The molecule has 0 saturated carbocycles. The molecule has 0 heterocycles. The number of amides is 1. The summed E-state index contributed by atoms with van der Waals surface area (Å²) < 4.78 is 15.3. The number of carbonyl (C=O) groups is 2. The molecule has 1 amide bonds. The van der Waals surface area contributed by atoms with E-state index in [4.69, 9.17) is 14.2 Å². The smallest absolute Gasteiger partial charge is 0.338 e. The largest absolute Gasteiger partial charge is 0.493 e. The van der Waals surface area contributed by atoms with Crippen LogP contribution in [0, 0.1) is 5.92 Å². The van der Waals surface area contributed by atoms with Crippen molar-refractivity contribution >= 4 is 11.9 Å². The van der Waals surface area contributed by atoms with Crippen molar-refractivity contribution < 1.29 is 23.8 Å². The molecule has 6 nitrogen and oxygen atoms in total. The molecule has 0 aliphatic rings. The molecule has 0 spiro atoms. The van der Waals surface area contributed by atoms with Gasteiger partial charge in [-0.3, -0.25) is 4.79 Å². The number of hydrogen-bond donors (Lipinski definition) is 1. The van der Waals surface area contributed by atoms with Gasteiger partial charge in [-0.05, 0) is 30.2 Å². The summed E-state index contributed by atoms with van der Waals surface area (Å²) in [6.07, 6.45) is 0. The lowest BCUT2D eigenvalue weighted by Gasteiger charge is -2.09. The molecule has 0 aliphatic heterocycles. The molecule has 22 heavy (non-hydrogen) atoms. The first-order chi connectivity index (χ1) is 10.5. The molecular weight excluding hydrogens is 286 g/mol. The van der Waals surface area contributed by atoms with Gasteiger partial charge in [-0.25, -0.2) is 4.79 Å². The summed E-state index contributed by atoms with van der Waals surface area (Å²) in [7, 11) is 1.54. The van der Waals surface area contributed by atoms with Crippen LogP contribution in [0.1, 0.15) is 24.2 Å². The lowest BCUT2D eigenvalue weighted by atomic mass is 10.2. The van der Waals surface area contributed by atoms with Gasteiger partial charge in [0, 0.05) is 13.7 Å². The SMILES string of the molecule is COCCNC(=O)COC(=O)c1ccc(OCC(C)C)cc1. The number of benzene rings is 1. The van der Waals surface area contributed by atoms with Crippen molar-refractivity contribution in [1.29, 1.82) is 0 Å². The van der Waals surface area contributed by atoms with Gasteiger partial charge in [-0.2, -0.15) is 0 Å². The van der Waals surface area contributed by atoms with Crippen LogP contribution >= 0.6 is 0 Å². The van der Waals surface area contributed by atoms with Gasteiger partial charge in [-0.1, -0.05) is 13.8 Å². The van der Waals surface area contributed by atoms with Crippen molar-refractivity contribution in [2.45, 2.75) is 13.8 Å². The van der Waals surface area contributed by atoms with Crippen LogP contribution in [-0.4, -0.2) is 45.4 Å². The predicted molar refractivity (Wildman–Crippen MR) is 81.9 cm³/mol. The van der Waals surface area contributed by atoms with E-state index in [1.807, 2.05) is 0 Å². The lowest BCUT2D eigenvalue weighted by Crippen LogP contribution is -2.31. The number of esters is 1. The van der Waals surface area contributed by atoms with Crippen molar-refractivity contribution in [3.63, 3.8) is 0 Å². The normalized spacial score (nSPS) is 10.4. The molecule has 1 aromatic carbocycles. The van der Waals surface area contributed by atoms with Crippen LogP contribution in [0.4, 0.5) is 0 Å². The Morgan fingerprint density at radius 1 is 1.18 bits per heavy atom. The van der Waals surface area contributed by atoms with Crippen molar-refractivity contribution in [3.05, 3.63) is 29.8 Å². The second kappa shape index (κ2) is 9.78. The van der Waals surface area contributed by atoms with Crippen LogP contribution in [0.3, 0.4) is 0 Å². The first kappa shape index (κ1) is 18.0. The van der Waals surface area contributed by atoms with E-state index < -0.39 is 5.97 Å². The van der Waals surface area contributed by atoms with Crippen LogP contribution in [0.5, 0.6) is 5.75 Å². The third-order valence-corrected chi connectivity index (χ3v) is 2.64. The van der Waals surface area contributed by atoms with Crippen LogP contribution in [0.25, 0.3) is 0 Å². The zero-order chi connectivity index (χ0) is 16.4. The molecule has 0 radical (unpaired) electrons. The van der Waals surface area contributed by atoms with E-state index in [-0.39, 0.29) is 12.5 Å². The summed E-state index contributed by atoms with van der Waals surface area (Å²) in [4.78, 5) is 23.2. The quantitative estimate of drug-likeness (QED) is 0.554. The highest BCUT2D eigenvalue weighted by Gasteiger charge is 2.10. The average molecular weight is 309 g/mol. The Morgan fingerprint density at radius 3 is 2.45 bits per heavy atom. The zero-order valence-corrected chi connectivity index (χ0v) is 13.3. The van der Waals surface area contributed by atoms with Crippen molar-refractivity contribution in [3.8, 4) is 5.75 Å². The maximum absolute atomic E-state index is 11.8. The highest BCUT2D eigenvalue weighted by Crippen LogP contribution is 2.13. The van der Waals surface area contributed by atoms with Gasteiger partial charge in [0.1, 0.15) is 5.75 Å². The monoisotopic (exact) mass is 309 g/mol. The van der Waals surface area contributed by atoms with Gasteiger partial charge >= 0.3 is 5.97 Å². The molecule has 0 atom stereocenters. The number of hydrogen-bond acceptors (Lipinski definition) is 5. The van der Waals surface area contributed by atoms with Gasteiger partial charge in [-0.15, -0.1) is 0 Å². The minimum Gasteiger partial charge on any atom is -0.493 e. The Balaban J connectivity index is 2.37. The first-order valence-corrected chi connectivity index (χ1v) is 7.18. The third kappa shape index (κ3) is 7.08. The highest BCUT2D eigenvalue weighted by molar-refractivity contribution is 5.91. The predicted octanol–water partition coefficient (Wildman–Crippen LogP) is 1.64. The molecule has 0 aliphatic carbocycles. The van der Waals surface area contributed by atoms with Crippen molar-refractivity contribution in [2.24, 2.45) is 5.92 Å². The first-order valence-electron chi connectivity index (χ1n) is 7.18. The molecule has 122 valence electrons. The fraction of sp³-hybridized carbons (Fsp3) is 0.500. The van der Waals surface area contributed by atoms with Crippen molar-refractivity contribution in [1.82, 2.24) is 5.32 Å². The fourth-order valence-electron chi connectivity index (χ4n) is 1.51. The number of carbonyl (C=O) groups excluding carboxylic acids is 2. The van der Waals surface area contributed by atoms with E-state index in [0.29, 0.717) is 37.0 Å². The summed E-state index contributed by atoms with van der Waals surface area (Å²) in [6.45, 7) is 5.22. The van der Waals surface area contributed by atoms with Crippen molar-refractivity contribution in [2.75, 3.05) is 33.5 Å². The van der Waals surface area contributed by atoms with Gasteiger partial charge in [0.05, 0.1) is 18.8 Å². The van der Waals surface area contributed by atoms with Gasteiger partial charge in [0.15, 0.2) is 6.61 Å². The van der Waals surface area contributed by atoms with E-state index in [1.165, 1.54) is 0 Å². The highest BCUT2D eigenvalue weighted by atomic mass is 16.5. The second-order valence-corrected chi connectivity index (χ2v) is 5.15. The fourth-order valence-corrected chi connectivity index (χ4v) is 1.51. The van der Waals surface area contributed by atoms with Gasteiger partial charge in [0.2, 0.25) is 0 Å². The molecule has 1 aromatic rings. The average Bonchev–Trinajstić information content (AvgIpc) is 2.51. The minimum atomic E-state index is -0.544. The topological polar surface area (TPSA) is 73.9 Å². The van der Waals surface area contributed by atoms with E-state index in [0.717, 1.165) is 0 Å². The molecule has 0 unspecified atom stereocenters. The summed E-state index contributed by atoms with van der Waals surface area (Å²) in [5, 5.41) is 2.57. The second-order valence-electron chi connectivity index (χ2n) is 5.15. The Morgan fingerprint density at radius 2 is 1.86 bits per heavy atom. The van der Waals surface area contributed by atoms with E-state index in [1.54, 1.807) is 31.4 Å². The molecule has 1 N–H and O–H groups in total. The van der Waals surface area contributed by atoms with Crippen LogP contribution in [0.15, 0.2) is 24.3 Å². The van der Waals surface area contributed by atoms with E-state index in [9.17, 15) is 9.59 Å². The Bertz CT molecular complexity index is 470. The molecule has 0 aromatic heterocycles. The Labute approximate surface area is 130 Å². The van der Waals surface area contributed by atoms with E-state index in [2.05, 4.69) is 19.2 Å². The summed E-state index contributed by atoms with van der Waals surface area (Å²) in [6, 6.07) is 6.64. The Hall–Kier alpha value is -2.08. The Kier molecular flexibility index (Phi) is 7.99. The number of ether oxygens (including phenoxy) is 3. The van der Waals surface area contributed by atoms with Gasteiger partial charge in [0.25, 0.3) is 5.91 Å². The zero-order valence-electron chi connectivity index (χ0n) is 13.3. The standard InChI is InChI=1S/C16H23NO5/c1-12(2)10-21-14-6-4-13(5-7-14)16(19)22-11-15(18)17-8-9-20-3/h4-7,12H,8-11H2,1-3H3,(H,17,18). The molecule has 1 rings (SSSR count). The molecule has 0 saturated heterocycles. The maximum atomic E-state index is 11.8. The van der Waals surface area contributed by atoms with Crippen LogP contribution in [0.2, 0.25) is 0 Å². The van der Waals surface area contributed by atoms with E-state index >= 15 is 0 Å². The van der Waals surface area contributed by atoms with Gasteiger partial charge < -0.3 is 19.5 Å². The van der Waals surface area contributed by atoms with Crippen LogP contribution in [-0.2, 0) is 14.3 Å². The number of methoxy groups -OCH3 is 1. The maximum Gasteiger partial charge on any atom is 0.338 e. The summed E-state index contributed by atoms with van der Waals surface area (Å²) in [5.74, 6) is 0.225. The molecule has 0 bridgehead atoms. The summed E-state index contributed by atoms with van der Waals surface area (Å²) in [5.41, 5.74) is 0.376. The number of nitrogens with one attached hydrogen (secondary N) is 1. The molecule has 0 fully saturated rings. The van der Waals surface area contributed by atoms with Crippen LogP contribution < -0.4 is 10.1 Å². The molecule has 6 heteroatoms. The summed E-state index contributed by atoms with van der Waals surface area (Å²) >= 11 is 0. The lowest BCUT2D eigenvalue weighted by molar-refractivity contribution is -0.124. The third-order valence-electron chi connectivity index (χ3n) is 2.64.